The van der Waals surface area contributed by atoms with Crippen LogP contribution in [0.5, 0.6) is 17.2 Å². The summed E-state index contributed by atoms with van der Waals surface area (Å²) in [5.41, 5.74) is 2.62. The summed E-state index contributed by atoms with van der Waals surface area (Å²) in [6, 6.07) is 19.9. The molecule has 1 aromatic heterocycles. The van der Waals surface area contributed by atoms with E-state index in [-0.39, 0.29) is 28.9 Å². The molecule has 0 fully saturated rings. The highest BCUT2D eigenvalue weighted by Crippen LogP contribution is 2.37. The number of nitrogens with one attached hydrogen (secondary N) is 2. The second kappa shape index (κ2) is 11.6. The van der Waals surface area contributed by atoms with E-state index >= 15 is 0 Å². The van der Waals surface area contributed by atoms with E-state index in [0.717, 1.165) is 5.56 Å². The topological polar surface area (TPSA) is 111 Å². The average molecular weight is 536 g/mol. The molecule has 0 aliphatic carbocycles. The molecule has 196 valence electrons. The summed E-state index contributed by atoms with van der Waals surface area (Å²) in [6.45, 7) is 1.82. The fraction of sp³-hybridized carbons (Fsp3) is 0.143. The smallest absolute Gasteiger partial charge is 0.357 e. The Labute approximate surface area is 224 Å². The lowest BCUT2D eigenvalue weighted by Crippen LogP contribution is -2.21. The van der Waals surface area contributed by atoms with Crippen LogP contribution >= 0.6 is 11.6 Å². The summed E-state index contributed by atoms with van der Waals surface area (Å²) in [5.74, 6) is 0.363. The molecule has 9 nitrogen and oxygen atoms in total. The lowest BCUT2D eigenvalue weighted by molar-refractivity contribution is 0.0518. The molecule has 3 N–H and O–H groups in total. The van der Waals surface area contributed by atoms with Crippen LogP contribution in [0.2, 0.25) is 5.15 Å². The number of aromatic hydroxyl groups is 1. The van der Waals surface area contributed by atoms with Crippen LogP contribution in [0.4, 0.5) is 16.2 Å². The Bertz CT molecular complexity index is 1450. The zero-order valence-corrected chi connectivity index (χ0v) is 21.7. The molecule has 4 rings (SSSR count). The van der Waals surface area contributed by atoms with E-state index in [1.807, 2.05) is 0 Å². The van der Waals surface area contributed by atoms with Gasteiger partial charge in [-0.2, -0.15) is 0 Å². The summed E-state index contributed by atoms with van der Waals surface area (Å²) in [7, 11) is 3.03. The molecule has 0 unspecified atom stereocenters. The molecule has 3 aromatic carbocycles. The van der Waals surface area contributed by atoms with Crippen LogP contribution in [0, 0.1) is 0 Å². The van der Waals surface area contributed by atoms with Gasteiger partial charge in [0.15, 0.2) is 17.2 Å². The Hall–Kier alpha value is -4.63. The first-order valence-corrected chi connectivity index (χ1v) is 12.0. The minimum Gasteiger partial charge on any atom is -0.504 e. The lowest BCUT2D eigenvalue weighted by Gasteiger charge is -2.14. The summed E-state index contributed by atoms with van der Waals surface area (Å²) < 4.78 is 17.1. The number of anilines is 2. The number of carbonyl (C=O) groups is 2. The number of carbonyl (C=O) groups excluding carboxylic acids is 2. The van der Waals surface area contributed by atoms with Gasteiger partial charge in [-0.15, -0.1) is 0 Å². The molecule has 0 spiro atoms. The van der Waals surface area contributed by atoms with Crippen LogP contribution in [-0.2, 0) is 4.74 Å². The van der Waals surface area contributed by atoms with Gasteiger partial charge in [0.05, 0.1) is 26.5 Å². The van der Waals surface area contributed by atoms with Crippen LogP contribution in [0.1, 0.15) is 17.4 Å². The van der Waals surface area contributed by atoms with Crippen molar-refractivity contribution in [3.63, 3.8) is 0 Å². The van der Waals surface area contributed by atoms with Gasteiger partial charge in [0.1, 0.15) is 10.9 Å². The average Bonchev–Trinajstić information content (AvgIpc) is 3.24. The number of benzene rings is 3. The standard InChI is InChI=1S/C28H26ClN3O6/c1-4-38-27(34)25-22(31-28(35)30-18-10-14-20(36-2)15-11-18)16-24(29)32(25)19-12-8-17(9-13-19)21-6-5-7-23(37-3)26(21)33/h5-16,33H,4H2,1-3H3,(H2,30,31,35). The van der Waals surface area contributed by atoms with Gasteiger partial charge in [0, 0.05) is 23.0 Å². The molecule has 0 atom stereocenters. The van der Waals surface area contributed by atoms with Crippen LogP contribution in [0.25, 0.3) is 16.8 Å². The van der Waals surface area contributed by atoms with Crippen LogP contribution in [-0.4, -0.2) is 42.5 Å². The number of esters is 1. The van der Waals surface area contributed by atoms with Crippen molar-refractivity contribution in [1.82, 2.24) is 4.57 Å². The number of amides is 2. The minimum absolute atomic E-state index is 0.0170. The monoisotopic (exact) mass is 535 g/mol. The molecule has 0 bridgehead atoms. The van der Waals surface area contributed by atoms with E-state index in [9.17, 15) is 14.7 Å². The van der Waals surface area contributed by atoms with E-state index in [1.165, 1.54) is 17.7 Å². The lowest BCUT2D eigenvalue weighted by atomic mass is 10.0. The van der Waals surface area contributed by atoms with Crippen molar-refractivity contribution in [2.45, 2.75) is 6.92 Å². The van der Waals surface area contributed by atoms with Gasteiger partial charge in [0.25, 0.3) is 0 Å². The van der Waals surface area contributed by atoms with Gasteiger partial charge in [-0.1, -0.05) is 35.9 Å². The van der Waals surface area contributed by atoms with E-state index in [0.29, 0.717) is 28.4 Å². The molecular weight excluding hydrogens is 510 g/mol. The SMILES string of the molecule is CCOC(=O)c1c(NC(=O)Nc2ccc(OC)cc2)cc(Cl)n1-c1ccc(-c2cccc(OC)c2O)cc1. The van der Waals surface area contributed by atoms with Gasteiger partial charge >= 0.3 is 12.0 Å². The van der Waals surface area contributed by atoms with Gasteiger partial charge in [0.2, 0.25) is 0 Å². The largest absolute Gasteiger partial charge is 0.504 e. The second-order valence-electron chi connectivity index (χ2n) is 8.00. The first-order valence-electron chi connectivity index (χ1n) is 11.6. The number of para-hydroxylation sites is 1. The number of nitrogens with zero attached hydrogens (tertiary/aromatic N) is 1. The molecule has 38 heavy (non-hydrogen) atoms. The molecule has 0 aliphatic heterocycles. The molecule has 2 amide bonds. The van der Waals surface area contributed by atoms with Crippen LogP contribution < -0.4 is 20.1 Å². The molecule has 1 heterocycles. The van der Waals surface area contributed by atoms with Crippen molar-refractivity contribution in [3.8, 4) is 34.1 Å². The predicted molar refractivity (Wildman–Crippen MR) is 146 cm³/mol. The molecule has 0 radical (unpaired) electrons. The van der Waals surface area contributed by atoms with Crippen molar-refractivity contribution in [2.24, 2.45) is 0 Å². The zero-order valence-electron chi connectivity index (χ0n) is 20.9. The highest BCUT2D eigenvalue weighted by molar-refractivity contribution is 6.31. The van der Waals surface area contributed by atoms with Crippen molar-refractivity contribution >= 4 is 35.0 Å². The third kappa shape index (κ3) is 5.52. The van der Waals surface area contributed by atoms with E-state index < -0.39 is 12.0 Å². The van der Waals surface area contributed by atoms with Gasteiger partial charge in [-0.05, 0) is 55.0 Å². The molecule has 0 saturated carbocycles. The first-order chi connectivity index (χ1) is 18.4. The molecule has 10 heteroatoms. The first kappa shape index (κ1) is 26.4. The number of phenols is 1. The van der Waals surface area contributed by atoms with Crippen LogP contribution in [0.15, 0.2) is 72.8 Å². The fourth-order valence-electron chi connectivity index (χ4n) is 3.90. The number of urea groups is 1. The molecule has 4 aromatic rings. The number of halogens is 1. The number of hydrogen-bond donors (Lipinski definition) is 3. The predicted octanol–water partition coefficient (Wildman–Crippen LogP) is 6.34. The number of aromatic nitrogens is 1. The van der Waals surface area contributed by atoms with Gasteiger partial charge in [-0.3, -0.25) is 4.57 Å². The van der Waals surface area contributed by atoms with Crippen molar-refractivity contribution in [1.29, 1.82) is 0 Å². The Morgan fingerprint density at radius 2 is 1.66 bits per heavy atom. The number of methoxy groups -OCH3 is 2. The number of rotatable bonds is 8. The third-order valence-corrected chi connectivity index (χ3v) is 5.95. The van der Waals surface area contributed by atoms with Crippen molar-refractivity contribution in [3.05, 3.63) is 83.6 Å². The van der Waals surface area contributed by atoms with Gasteiger partial charge < -0.3 is 30.0 Å². The molecule has 0 aliphatic rings. The molecule has 0 saturated heterocycles. The minimum atomic E-state index is -0.659. The third-order valence-electron chi connectivity index (χ3n) is 5.68. The maximum absolute atomic E-state index is 13.0. The number of hydrogen-bond acceptors (Lipinski definition) is 6. The quantitative estimate of drug-likeness (QED) is 0.227. The highest BCUT2D eigenvalue weighted by atomic mass is 35.5. The fourth-order valence-corrected chi connectivity index (χ4v) is 4.19. The Morgan fingerprint density at radius 1 is 0.947 bits per heavy atom. The van der Waals surface area contributed by atoms with E-state index in [2.05, 4.69) is 10.6 Å². The Balaban J connectivity index is 1.65. The summed E-state index contributed by atoms with van der Waals surface area (Å²) in [5, 5.41) is 16.1. The Kier molecular flexibility index (Phi) is 8.08. The van der Waals surface area contributed by atoms with Crippen molar-refractivity contribution < 1.29 is 28.9 Å². The summed E-state index contributed by atoms with van der Waals surface area (Å²) in [6.07, 6.45) is 0. The molecular formula is C28H26ClN3O6. The van der Waals surface area contributed by atoms with E-state index in [1.54, 1.807) is 80.8 Å². The Morgan fingerprint density at radius 3 is 2.29 bits per heavy atom. The normalized spacial score (nSPS) is 10.5. The zero-order chi connectivity index (χ0) is 27.2. The van der Waals surface area contributed by atoms with Crippen molar-refractivity contribution in [2.75, 3.05) is 31.5 Å². The second-order valence-corrected chi connectivity index (χ2v) is 8.38. The number of phenolic OH excluding ortho intramolecular Hbond substituents is 1. The number of ether oxygens (including phenoxy) is 3. The summed E-state index contributed by atoms with van der Waals surface area (Å²) in [4.78, 5) is 25.7. The maximum Gasteiger partial charge on any atom is 0.357 e. The van der Waals surface area contributed by atoms with Gasteiger partial charge in [-0.25, -0.2) is 9.59 Å². The summed E-state index contributed by atoms with van der Waals surface area (Å²) >= 11 is 6.54. The van der Waals surface area contributed by atoms with Crippen LogP contribution in [0.3, 0.4) is 0 Å². The highest BCUT2D eigenvalue weighted by Gasteiger charge is 2.24. The van der Waals surface area contributed by atoms with E-state index in [4.69, 9.17) is 25.8 Å². The maximum atomic E-state index is 13.0.